The SMILES string of the molecule is COc1ccc(-c2nnc(SCC(=O)NCc3cccc(-c4cccc(C)c4)c3)o2)cc1. The van der Waals surface area contributed by atoms with Crippen LogP contribution in [0.25, 0.3) is 22.6 Å². The second kappa shape index (κ2) is 10.2. The highest BCUT2D eigenvalue weighted by molar-refractivity contribution is 7.99. The van der Waals surface area contributed by atoms with Gasteiger partial charge in [0, 0.05) is 12.1 Å². The molecule has 0 aliphatic heterocycles. The van der Waals surface area contributed by atoms with Crippen LogP contribution in [0, 0.1) is 6.92 Å². The average Bonchev–Trinajstić information content (AvgIpc) is 3.31. The first-order chi connectivity index (χ1) is 15.6. The van der Waals surface area contributed by atoms with Crippen molar-refractivity contribution in [2.45, 2.75) is 18.7 Å². The zero-order valence-electron chi connectivity index (χ0n) is 17.9. The van der Waals surface area contributed by atoms with E-state index in [1.165, 1.54) is 17.3 Å². The van der Waals surface area contributed by atoms with E-state index >= 15 is 0 Å². The zero-order valence-corrected chi connectivity index (χ0v) is 18.7. The van der Waals surface area contributed by atoms with Crippen molar-refractivity contribution in [3.05, 3.63) is 83.9 Å². The number of methoxy groups -OCH3 is 1. The van der Waals surface area contributed by atoms with Crippen molar-refractivity contribution in [3.63, 3.8) is 0 Å². The average molecular weight is 446 g/mol. The lowest BCUT2D eigenvalue weighted by molar-refractivity contribution is -0.118. The zero-order chi connectivity index (χ0) is 22.3. The van der Waals surface area contributed by atoms with Gasteiger partial charge in [-0.1, -0.05) is 59.8 Å². The first-order valence-corrected chi connectivity index (χ1v) is 11.1. The molecule has 1 aromatic heterocycles. The Balaban J connectivity index is 1.29. The molecule has 3 aromatic carbocycles. The van der Waals surface area contributed by atoms with Gasteiger partial charge in [-0.05, 0) is 53.9 Å². The lowest BCUT2D eigenvalue weighted by Gasteiger charge is -2.08. The van der Waals surface area contributed by atoms with Gasteiger partial charge in [0.2, 0.25) is 11.8 Å². The van der Waals surface area contributed by atoms with Gasteiger partial charge in [-0.15, -0.1) is 10.2 Å². The largest absolute Gasteiger partial charge is 0.497 e. The fourth-order valence-corrected chi connectivity index (χ4v) is 3.78. The van der Waals surface area contributed by atoms with Gasteiger partial charge >= 0.3 is 0 Å². The Morgan fingerprint density at radius 3 is 2.47 bits per heavy atom. The molecule has 1 amide bonds. The number of nitrogens with zero attached hydrogens (tertiary/aromatic N) is 2. The van der Waals surface area contributed by atoms with E-state index in [2.05, 4.69) is 52.8 Å². The van der Waals surface area contributed by atoms with Crippen molar-refractivity contribution < 1.29 is 13.9 Å². The van der Waals surface area contributed by atoms with Crippen molar-refractivity contribution in [1.29, 1.82) is 0 Å². The smallest absolute Gasteiger partial charge is 0.277 e. The van der Waals surface area contributed by atoms with E-state index in [4.69, 9.17) is 9.15 Å². The fraction of sp³-hybridized carbons (Fsp3) is 0.160. The van der Waals surface area contributed by atoms with Crippen LogP contribution in [-0.2, 0) is 11.3 Å². The number of amides is 1. The summed E-state index contributed by atoms with van der Waals surface area (Å²) in [7, 11) is 1.61. The minimum Gasteiger partial charge on any atom is -0.497 e. The molecule has 0 bridgehead atoms. The maximum atomic E-state index is 12.3. The third-order valence-electron chi connectivity index (χ3n) is 4.84. The third-order valence-corrected chi connectivity index (χ3v) is 5.66. The molecule has 4 rings (SSSR count). The van der Waals surface area contributed by atoms with Crippen molar-refractivity contribution >= 4 is 17.7 Å². The molecular weight excluding hydrogens is 422 g/mol. The Hall–Kier alpha value is -3.58. The maximum Gasteiger partial charge on any atom is 0.277 e. The van der Waals surface area contributed by atoms with Crippen LogP contribution in [0.2, 0.25) is 0 Å². The summed E-state index contributed by atoms with van der Waals surface area (Å²) in [5, 5.41) is 11.4. The molecule has 0 fully saturated rings. The van der Waals surface area contributed by atoms with Gasteiger partial charge in [-0.2, -0.15) is 0 Å². The summed E-state index contributed by atoms with van der Waals surface area (Å²) < 4.78 is 10.8. The van der Waals surface area contributed by atoms with Gasteiger partial charge in [0.25, 0.3) is 5.22 Å². The Bertz CT molecular complexity index is 1210. The molecule has 32 heavy (non-hydrogen) atoms. The molecule has 4 aromatic rings. The number of hydrogen-bond acceptors (Lipinski definition) is 6. The summed E-state index contributed by atoms with van der Waals surface area (Å²) >= 11 is 1.21. The summed E-state index contributed by atoms with van der Waals surface area (Å²) in [6.07, 6.45) is 0. The predicted octanol–water partition coefficient (Wildman–Crippen LogP) is 5.13. The molecule has 162 valence electrons. The number of nitrogens with one attached hydrogen (secondary N) is 1. The second-order valence-electron chi connectivity index (χ2n) is 7.24. The summed E-state index contributed by atoms with van der Waals surface area (Å²) in [5.74, 6) is 1.26. The van der Waals surface area contributed by atoms with Gasteiger partial charge in [-0.3, -0.25) is 4.79 Å². The number of carbonyl (C=O) groups is 1. The topological polar surface area (TPSA) is 77.2 Å². The Morgan fingerprint density at radius 1 is 0.969 bits per heavy atom. The number of hydrogen-bond donors (Lipinski definition) is 1. The van der Waals surface area contributed by atoms with Crippen LogP contribution in [0.5, 0.6) is 5.75 Å². The molecule has 6 nitrogen and oxygen atoms in total. The van der Waals surface area contributed by atoms with E-state index in [-0.39, 0.29) is 11.7 Å². The monoisotopic (exact) mass is 445 g/mol. The minimum atomic E-state index is -0.0971. The minimum absolute atomic E-state index is 0.0971. The van der Waals surface area contributed by atoms with E-state index in [9.17, 15) is 4.79 Å². The van der Waals surface area contributed by atoms with E-state index in [0.717, 1.165) is 28.0 Å². The summed E-state index contributed by atoms with van der Waals surface area (Å²) in [6.45, 7) is 2.54. The highest BCUT2D eigenvalue weighted by atomic mass is 32.2. The van der Waals surface area contributed by atoms with Crippen LogP contribution >= 0.6 is 11.8 Å². The second-order valence-corrected chi connectivity index (χ2v) is 8.16. The van der Waals surface area contributed by atoms with Crippen molar-refractivity contribution in [2.24, 2.45) is 0 Å². The molecule has 1 heterocycles. The lowest BCUT2D eigenvalue weighted by atomic mass is 10.0. The van der Waals surface area contributed by atoms with Gasteiger partial charge in [0.1, 0.15) is 5.75 Å². The van der Waals surface area contributed by atoms with Gasteiger partial charge < -0.3 is 14.5 Å². The number of rotatable bonds is 8. The van der Waals surface area contributed by atoms with Crippen LogP contribution in [0.3, 0.4) is 0 Å². The quantitative estimate of drug-likeness (QED) is 0.379. The highest BCUT2D eigenvalue weighted by Crippen LogP contribution is 2.25. The normalized spacial score (nSPS) is 10.7. The van der Waals surface area contributed by atoms with Crippen molar-refractivity contribution in [3.8, 4) is 28.3 Å². The predicted molar refractivity (Wildman–Crippen MR) is 125 cm³/mol. The number of aromatic nitrogens is 2. The van der Waals surface area contributed by atoms with Crippen molar-refractivity contribution in [1.82, 2.24) is 15.5 Å². The van der Waals surface area contributed by atoms with E-state index in [1.807, 2.05) is 42.5 Å². The first-order valence-electron chi connectivity index (χ1n) is 10.1. The van der Waals surface area contributed by atoms with Crippen LogP contribution in [0.4, 0.5) is 0 Å². The summed E-state index contributed by atoms with van der Waals surface area (Å²) in [5.41, 5.74) is 5.35. The molecular formula is C25H23N3O3S. The molecule has 0 atom stereocenters. The lowest BCUT2D eigenvalue weighted by Crippen LogP contribution is -2.24. The highest BCUT2D eigenvalue weighted by Gasteiger charge is 2.11. The summed E-state index contributed by atoms with van der Waals surface area (Å²) in [6, 6.07) is 23.9. The molecule has 0 unspecified atom stereocenters. The molecule has 1 N–H and O–H groups in total. The standard InChI is InChI=1S/C25H23N3O3S/c1-17-5-3-7-20(13-17)21-8-4-6-18(14-21)15-26-23(29)16-32-25-28-27-24(31-25)19-9-11-22(30-2)12-10-19/h3-14H,15-16H2,1-2H3,(H,26,29). The van der Waals surface area contributed by atoms with Gasteiger partial charge in [0.05, 0.1) is 12.9 Å². The number of aryl methyl sites for hydroxylation is 1. The molecule has 0 aliphatic rings. The van der Waals surface area contributed by atoms with E-state index in [0.29, 0.717) is 17.7 Å². The molecule has 0 spiro atoms. The van der Waals surface area contributed by atoms with Gasteiger partial charge in [-0.25, -0.2) is 0 Å². The molecule has 0 saturated carbocycles. The van der Waals surface area contributed by atoms with Crippen molar-refractivity contribution in [2.75, 3.05) is 12.9 Å². The number of benzene rings is 3. The van der Waals surface area contributed by atoms with E-state index in [1.54, 1.807) is 7.11 Å². The van der Waals surface area contributed by atoms with Crippen LogP contribution in [0.15, 0.2) is 82.4 Å². The Labute approximate surface area is 191 Å². The third kappa shape index (κ3) is 5.56. The number of thioether (sulfide) groups is 1. The Morgan fingerprint density at radius 2 is 1.72 bits per heavy atom. The van der Waals surface area contributed by atoms with Crippen LogP contribution in [0.1, 0.15) is 11.1 Å². The summed E-state index contributed by atoms with van der Waals surface area (Å²) in [4.78, 5) is 12.3. The molecule has 0 radical (unpaired) electrons. The molecule has 0 saturated heterocycles. The van der Waals surface area contributed by atoms with Crippen LogP contribution in [-0.4, -0.2) is 29.0 Å². The number of ether oxygens (including phenoxy) is 1. The van der Waals surface area contributed by atoms with E-state index < -0.39 is 0 Å². The van der Waals surface area contributed by atoms with Crippen LogP contribution < -0.4 is 10.1 Å². The number of carbonyl (C=O) groups excluding carboxylic acids is 1. The molecule has 0 aliphatic carbocycles. The van der Waals surface area contributed by atoms with Gasteiger partial charge in [0.15, 0.2) is 0 Å². The molecule has 7 heteroatoms. The Kier molecular flexibility index (Phi) is 6.87. The maximum absolute atomic E-state index is 12.3. The fourth-order valence-electron chi connectivity index (χ4n) is 3.18. The first kappa shape index (κ1) is 21.6.